The van der Waals surface area contributed by atoms with Gasteiger partial charge in [0.15, 0.2) is 0 Å². The Morgan fingerprint density at radius 3 is 2.50 bits per heavy atom. The van der Waals surface area contributed by atoms with E-state index in [1.54, 1.807) is 0 Å². The quantitative estimate of drug-likeness (QED) is 0.716. The Hall–Kier alpha value is -1.39. The third-order valence-corrected chi connectivity index (χ3v) is 3.44. The topological polar surface area (TPSA) is 44.4 Å². The average molecular weight is 277 g/mol. The number of carbonyl (C=O) groups excluding carboxylic acids is 1. The Morgan fingerprint density at radius 1 is 1.20 bits per heavy atom. The molecule has 0 bridgehead atoms. The van der Waals surface area contributed by atoms with E-state index in [2.05, 4.69) is 35.4 Å². The van der Waals surface area contributed by atoms with Gasteiger partial charge in [0.05, 0.1) is 6.54 Å². The Bertz CT molecular complexity index is 428. The Labute approximate surface area is 122 Å². The van der Waals surface area contributed by atoms with Crippen LogP contribution in [0.2, 0.25) is 0 Å². The summed E-state index contributed by atoms with van der Waals surface area (Å²) in [6.45, 7) is 12.6. The van der Waals surface area contributed by atoms with Crippen LogP contribution < -0.4 is 10.6 Å². The Kier molecular flexibility index (Phi) is 7.26. The number of anilines is 1. The fourth-order valence-electron chi connectivity index (χ4n) is 2.13. The average Bonchev–Trinajstić information content (AvgIpc) is 2.42. The molecule has 1 rings (SSSR count). The van der Waals surface area contributed by atoms with Gasteiger partial charge in [-0.05, 0) is 38.6 Å². The number of benzene rings is 1. The third kappa shape index (κ3) is 5.72. The summed E-state index contributed by atoms with van der Waals surface area (Å²) in [7, 11) is 0. The zero-order valence-electron chi connectivity index (χ0n) is 13.1. The number of amides is 1. The van der Waals surface area contributed by atoms with E-state index in [0.29, 0.717) is 6.54 Å². The molecular weight excluding hydrogens is 250 g/mol. The van der Waals surface area contributed by atoms with Crippen LogP contribution in [-0.2, 0) is 4.79 Å². The maximum absolute atomic E-state index is 11.8. The molecule has 20 heavy (non-hydrogen) atoms. The molecule has 1 aromatic carbocycles. The van der Waals surface area contributed by atoms with Crippen LogP contribution in [0.25, 0.3) is 0 Å². The number of rotatable bonds is 8. The number of likely N-dealkylation sites (N-methyl/N-ethyl adjacent to an activating group) is 1. The van der Waals surface area contributed by atoms with Crippen LogP contribution in [0.3, 0.4) is 0 Å². The first-order valence-electron chi connectivity index (χ1n) is 7.37. The summed E-state index contributed by atoms with van der Waals surface area (Å²) in [5, 5.41) is 6.12. The zero-order valence-corrected chi connectivity index (χ0v) is 13.1. The number of aryl methyl sites for hydroxylation is 2. The minimum Gasteiger partial charge on any atom is -0.325 e. The van der Waals surface area contributed by atoms with Gasteiger partial charge in [-0.2, -0.15) is 0 Å². The number of nitrogens with one attached hydrogen (secondary N) is 2. The first kappa shape index (κ1) is 16.7. The van der Waals surface area contributed by atoms with Crippen LogP contribution in [0.1, 0.15) is 25.0 Å². The van der Waals surface area contributed by atoms with Gasteiger partial charge in [0, 0.05) is 18.8 Å². The largest absolute Gasteiger partial charge is 0.325 e. The van der Waals surface area contributed by atoms with E-state index in [0.717, 1.165) is 37.4 Å². The highest BCUT2D eigenvalue weighted by atomic mass is 16.1. The lowest BCUT2D eigenvalue weighted by molar-refractivity contribution is -0.115. The van der Waals surface area contributed by atoms with Crippen molar-refractivity contribution in [2.45, 2.75) is 27.7 Å². The fraction of sp³-hybridized carbons (Fsp3) is 0.562. The first-order valence-corrected chi connectivity index (χ1v) is 7.37. The van der Waals surface area contributed by atoms with Crippen molar-refractivity contribution in [1.82, 2.24) is 10.2 Å². The molecule has 4 nitrogen and oxygen atoms in total. The van der Waals surface area contributed by atoms with Crippen molar-refractivity contribution in [2.24, 2.45) is 0 Å². The van der Waals surface area contributed by atoms with Crippen LogP contribution in [0.5, 0.6) is 0 Å². The molecule has 0 saturated carbocycles. The van der Waals surface area contributed by atoms with Crippen molar-refractivity contribution < 1.29 is 4.79 Å². The molecule has 1 amide bonds. The SMILES string of the molecule is CCN(CC)CCNCC(=O)Nc1ccc(C)cc1C. The molecule has 0 aromatic heterocycles. The van der Waals surface area contributed by atoms with Gasteiger partial charge in [0.2, 0.25) is 5.91 Å². The summed E-state index contributed by atoms with van der Waals surface area (Å²) >= 11 is 0. The number of carbonyl (C=O) groups is 1. The third-order valence-electron chi connectivity index (χ3n) is 3.44. The molecule has 0 spiro atoms. The Morgan fingerprint density at radius 2 is 1.90 bits per heavy atom. The highest BCUT2D eigenvalue weighted by molar-refractivity contribution is 5.92. The fourth-order valence-corrected chi connectivity index (χ4v) is 2.13. The monoisotopic (exact) mass is 277 g/mol. The molecule has 112 valence electrons. The highest BCUT2D eigenvalue weighted by Crippen LogP contribution is 2.15. The second-order valence-corrected chi connectivity index (χ2v) is 5.07. The summed E-state index contributed by atoms with van der Waals surface area (Å²) in [6, 6.07) is 6.04. The predicted molar refractivity (Wildman–Crippen MR) is 85.2 cm³/mol. The standard InChI is InChI=1S/C16H27N3O/c1-5-19(6-2)10-9-17-12-16(20)18-15-8-7-13(3)11-14(15)4/h7-8,11,17H,5-6,9-10,12H2,1-4H3,(H,18,20). The molecule has 0 unspecified atom stereocenters. The minimum absolute atomic E-state index is 0.0106. The molecule has 0 aliphatic carbocycles. The minimum atomic E-state index is 0.0106. The van der Waals surface area contributed by atoms with Crippen LogP contribution in [0, 0.1) is 13.8 Å². The van der Waals surface area contributed by atoms with Crippen LogP contribution in [0.15, 0.2) is 18.2 Å². The van der Waals surface area contributed by atoms with Crippen LogP contribution in [-0.4, -0.2) is 43.5 Å². The van der Waals surface area contributed by atoms with Crippen molar-refractivity contribution in [3.63, 3.8) is 0 Å². The summed E-state index contributed by atoms with van der Waals surface area (Å²) < 4.78 is 0. The molecular formula is C16H27N3O. The van der Waals surface area contributed by atoms with Crippen molar-refractivity contribution in [1.29, 1.82) is 0 Å². The highest BCUT2D eigenvalue weighted by Gasteiger charge is 2.05. The summed E-state index contributed by atoms with van der Waals surface area (Å²) in [5.41, 5.74) is 3.20. The first-order chi connectivity index (χ1) is 9.56. The lowest BCUT2D eigenvalue weighted by atomic mass is 10.1. The second-order valence-electron chi connectivity index (χ2n) is 5.07. The van der Waals surface area contributed by atoms with Crippen molar-refractivity contribution in [3.05, 3.63) is 29.3 Å². The smallest absolute Gasteiger partial charge is 0.238 e. The van der Waals surface area contributed by atoms with Gasteiger partial charge >= 0.3 is 0 Å². The molecule has 0 atom stereocenters. The molecule has 1 aromatic rings. The van der Waals surface area contributed by atoms with Crippen molar-refractivity contribution >= 4 is 11.6 Å². The van der Waals surface area contributed by atoms with Gasteiger partial charge in [-0.15, -0.1) is 0 Å². The number of hydrogen-bond acceptors (Lipinski definition) is 3. The maximum Gasteiger partial charge on any atom is 0.238 e. The van der Waals surface area contributed by atoms with E-state index in [9.17, 15) is 4.79 Å². The van der Waals surface area contributed by atoms with Crippen molar-refractivity contribution in [3.8, 4) is 0 Å². The lowest BCUT2D eigenvalue weighted by Crippen LogP contribution is -2.35. The van der Waals surface area contributed by atoms with Gasteiger partial charge in [0.1, 0.15) is 0 Å². The second kappa shape index (κ2) is 8.72. The van der Waals surface area contributed by atoms with Gasteiger partial charge < -0.3 is 15.5 Å². The molecule has 0 heterocycles. The normalized spacial score (nSPS) is 10.8. The molecule has 0 saturated heterocycles. The number of hydrogen-bond donors (Lipinski definition) is 2. The maximum atomic E-state index is 11.8. The van der Waals surface area contributed by atoms with E-state index in [1.807, 2.05) is 26.0 Å². The van der Waals surface area contributed by atoms with Gasteiger partial charge in [-0.25, -0.2) is 0 Å². The van der Waals surface area contributed by atoms with E-state index in [1.165, 1.54) is 5.56 Å². The van der Waals surface area contributed by atoms with Crippen molar-refractivity contribution in [2.75, 3.05) is 38.0 Å². The predicted octanol–water partition coefficient (Wildman–Crippen LogP) is 2.17. The molecule has 2 N–H and O–H groups in total. The lowest BCUT2D eigenvalue weighted by Gasteiger charge is -2.18. The summed E-state index contributed by atoms with van der Waals surface area (Å²) in [4.78, 5) is 14.2. The van der Waals surface area contributed by atoms with E-state index in [-0.39, 0.29) is 5.91 Å². The molecule has 0 aliphatic heterocycles. The van der Waals surface area contributed by atoms with Gasteiger partial charge in [0.25, 0.3) is 0 Å². The van der Waals surface area contributed by atoms with E-state index >= 15 is 0 Å². The van der Waals surface area contributed by atoms with E-state index in [4.69, 9.17) is 0 Å². The van der Waals surface area contributed by atoms with Gasteiger partial charge in [-0.1, -0.05) is 31.5 Å². The van der Waals surface area contributed by atoms with Crippen LogP contribution in [0.4, 0.5) is 5.69 Å². The molecule has 0 aliphatic rings. The summed E-state index contributed by atoms with van der Waals surface area (Å²) in [6.07, 6.45) is 0. The summed E-state index contributed by atoms with van der Waals surface area (Å²) in [5.74, 6) is 0.0106. The van der Waals surface area contributed by atoms with Gasteiger partial charge in [-0.3, -0.25) is 4.79 Å². The molecule has 0 fully saturated rings. The molecule has 0 radical (unpaired) electrons. The molecule has 4 heteroatoms. The number of nitrogens with zero attached hydrogens (tertiary/aromatic N) is 1. The van der Waals surface area contributed by atoms with Crippen LogP contribution >= 0.6 is 0 Å². The Balaban J connectivity index is 2.30. The zero-order chi connectivity index (χ0) is 15.0. The van der Waals surface area contributed by atoms with E-state index < -0.39 is 0 Å².